The van der Waals surface area contributed by atoms with Crippen molar-refractivity contribution in [1.82, 2.24) is 10.6 Å². The lowest BCUT2D eigenvalue weighted by molar-refractivity contribution is -0.142. The molecule has 2 aromatic rings. The normalized spacial score (nSPS) is 25.4. The largest absolute Gasteiger partial charge is 0.481 e. The second-order valence-electron chi connectivity index (χ2n) is 9.62. The fraction of sp³-hybridized carbons (Fsp3) is 0.444. The molecule has 1 aliphatic heterocycles. The molecule has 2 unspecified atom stereocenters. The molecule has 2 aromatic carbocycles. The summed E-state index contributed by atoms with van der Waals surface area (Å²) < 4.78 is 11.1. The van der Waals surface area contributed by atoms with Gasteiger partial charge in [-0.2, -0.15) is 0 Å². The van der Waals surface area contributed by atoms with Crippen molar-refractivity contribution in [2.75, 3.05) is 19.8 Å². The molecule has 35 heavy (non-hydrogen) atoms. The maximum Gasteiger partial charge on any atom is 0.407 e. The van der Waals surface area contributed by atoms with Crippen LogP contribution in [0.4, 0.5) is 4.79 Å². The zero-order valence-electron chi connectivity index (χ0n) is 19.4. The summed E-state index contributed by atoms with van der Waals surface area (Å²) in [4.78, 5) is 36.7. The number of aliphatic carboxylic acids is 1. The predicted molar refractivity (Wildman–Crippen MR) is 128 cm³/mol. The number of amides is 2. The summed E-state index contributed by atoms with van der Waals surface area (Å²) >= 11 is 0. The number of carboxylic acid groups (broad SMARTS) is 1. The number of rotatable bonds is 6. The molecule has 1 saturated carbocycles. The summed E-state index contributed by atoms with van der Waals surface area (Å²) in [5.41, 5.74) is 4.60. The first-order valence-electron chi connectivity index (χ1n) is 12.2. The fourth-order valence-electron chi connectivity index (χ4n) is 5.54. The smallest absolute Gasteiger partial charge is 0.407 e. The molecule has 5 rings (SSSR count). The van der Waals surface area contributed by atoms with Gasteiger partial charge in [0, 0.05) is 12.0 Å². The fourth-order valence-corrected chi connectivity index (χ4v) is 5.54. The summed E-state index contributed by atoms with van der Waals surface area (Å²) in [6, 6.07) is 15.8. The second kappa shape index (κ2) is 10.1. The Morgan fingerprint density at radius 1 is 0.886 bits per heavy atom. The van der Waals surface area contributed by atoms with Crippen molar-refractivity contribution in [2.24, 2.45) is 11.8 Å². The van der Waals surface area contributed by atoms with Crippen molar-refractivity contribution >= 4 is 18.0 Å². The lowest BCUT2D eigenvalue weighted by Gasteiger charge is -2.28. The third-order valence-electron chi connectivity index (χ3n) is 7.49. The molecule has 2 fully saturated rings. The van der Waals surface area contributed by atoms with Crippen LogP contribution in [0, 0.1) is 11.8 Å². The molecular formula is C27H30N2O6. The molecule has 184 valence electrons. The molecule has 2 aliphatic carbocycles. The van der Waals surface area contributed by atoms with Crippen LogP contribution in [0.3, 0.4) is 0 Å². The molecular weight excluding hydrogens is 448 g/mol. The average molecular weight is 479 g/mol. The summed E-state index contributed by atoms with van der Waals surface area (Å²) in [5, 5.41) is 15.0. The van der Waals surface area contributed by atoms with Gasteiger partial charge >= 0.3 is 12.1 Å². The van der Waals surface area contributed by atoms with Crippen LogP contribution in [0.25, 0.3) is 11.1 Å². The van der Waals surface area contributed by atoms with E-state index in [0.717, 1.165) is 22.3 Å². The number of ether oxygens (including phenoxy) is 2. The minimum absolute atomic E-state index is 0.0343. The maximum atomic E-state index is 12.9. The first-order chi connectivity index (χ1) is 17.0. The van der Waals surface area contributed by atoms with Crippen molar-refractivity contribution in [1.29, 1.82) is 0 Å². The molecule has 0 radical (unpaired) electrons. The highest BCUT2D eigenvalue weighted by atomic mass is 16.5. The molecule has 3 N–H and O–H groups in total. The third kappa shape index (κ3) is 4.89. The summed E-state index contributed by atoms with van der Waals surface area (Å²) in [7, 11) is 0. The average Bonchev–Trinajstić information content (AvgIpc) is 3.45. The van der Waals surface area contributed by atoms with E-state index in [9.17, 15) is 14.4 Å². The van der Waals surface area contributed by atoms with E-state index in [2.05, 4.69) is 34.9 Å². The quantitative estimate of drug-likeness (QED) is 0.587. The first kappa shape index (κ1) is 23.4. The van der Waals surface area contributed by atoms with Crippen molar-refractivity contribution < 1.29 is 29.0 Å². The van der Waals surface area contributed by atoms with Crippen LogP contribution in [-0.2, 0) is 19.1 Å². The second-order valence-corrected chi connectivity index (χ2v) is 9.62. The Kier molecular flexibility index (Phi) is 6.72. The standard InChI is InChI=1S/C27H30N2O6/c30-25(28-17-11-9-16(10-12-17)26(31)32)23-13-34-15-24(23)29-27(33)35-14-22-20-7-3-1-5-18(20)19-6-2-4-8-21(19)22/h1-8,16-17,22-24H,9-15H2,(H,28,30)(H,29,33)(H,31,32). The highest BCUT2D eigenvalue weighted by molar-refractivity contribution is 5.81. The SMILES string of the molecule is O=C(NC1COCC1C(=O)NC1CCC(C(=O)O)CC1)OCC1c2ccccc2-c2ccccc21. The number of carbonyl (C=O) groups is 3. The van der Waals surface area contributed by atoms with Gasteiger partial charge in [-0.1, -0.05) is 48.5 Å². The zero-order valence-corrected chi connectivity index (χ0v) is 19.4. The number of nitrogens with one attached hydrogen (secondary N) is 2. The molecule has 2 amide bonds. The molecule has 2 atom stereocenters. The van der Waals surface area contributed by atoms with E-state index in [4.69, 9.17) is 14.6 Å². The van der Waals surface area contributed by atoms with E-state index in [-0.39, 0.29) is 43.6 Å². The predicted octanol–water partition coefficient (Wildman–Crippen LogP) is 3.30. The number of benzene rings is 2. The van der Waals surface area contributed by atoms with Gasteiger partial charge in [-0.3, -0.25) is 9.59 Å². The molecule has 0 aromatic heterocycles. The van der Waals surface area contributed by atoms with Gasteiger partial charge in [-0.15, -0.1) is 0 Å². The van der Waals surface area contributed by atoms with Crippen molar-refractivity contribution in [3.63, 3.8) is 0 Å². The van der Waals surface area contributed by atoms with Gasteiger partial charge in [-0.05, 0) is 47.9 Å². The number of carbonyl (C=O) groups excluding carboxylic acids is 2. The Morgan fingerprint density at radius 2 is 1.51 bits per heavy atom. The molecule has 8 nitrogen and oxygen atoms in total. The number of carboxylic acids is 1. The molecule has 0 spiro atoms. The van der Waals surface area contributed by atoms with Crippen LogP contribution < -0.4 is 10.6 Å². The van der Waals surface area contributed by atoms with Gasteiger partial charge in [-0.25, -0.2) is 4.79 Å². The summed E-state index contributed by atoms with van der Waals surface area (Å²) in [6.45, 7) is 0.676. The molecule has 8 heteroatoms. The molecule has 0 bridgehead atoms. The van der Waals surface area contributed by atoms with Crippen LogP contribution in [0.1, 0.15) is 42.7 Å². The van der Waals surface area contributed by atoms with Crippen LogP contribution in [0.15, 0.2) is 48.5 Å². The Balaban J connectivity index is 1.15. The maximum absolute atomic E-state index is 12.9. The number of hydrogen-bond donors (Lipinski definition) is 3. The topological polar surface area (TPSA) is 114 Å². The van der Waals surface area contributed by atoms with Gasteiger partial charge in [0.1, 0.15) is 6.61 Å². The summed E-state index contributed by atoms with van der Waals surface area (Å²) in [6.07, 6.45) is 1.83. The number of alkyl carbamates (subject to hydrolysis) is 1. The van der Waals surface area contributed by atoms with Crippen LogP contribution in [0.2, 0.25) is 0 Å². The van der Waals surface area contributed by atoms with Gasteiger partial charge in [0.15, 0.2) is 0 Å². The third-order valence-corrected chi connectivity index (χ3v) is 7.49. The van der Waals surface area contributed by atoms with Gasteiger partial charge < -0.3 is 25.2 Å². The van der Waals surface area contributed by atoms with Crippen LogP contribution in [-0.4, -0.2) is 55.0 Å². The Labute approximate surface area is 204 Å². The lowest BCUT2D eigenvalue weighted by Crippen LogP contribution is -2.49. The molecule has 3 aliphatic rings. The number of hydrogen-bond acceptors (Lipinski definition) is 5. The Morgan fingerprint density at radius 3 is 2.14 bits per heavy atom. The van der Waals surface area contributed by atoms with E-state index in [1.165, 1.54) is 0 Å². The highest BCUT2D eigenvalue weighted by Gasteiger charge is 2.37. The van der Waals surface area contributed by atoms with Crippen LogP contribution >= 0.6 is 0 Å². The monoisotopic (exact) mass is 478 g/mol. The van der Waals surface area contributed by atoms with Gasteiger partial charge in [0.05, 0.1) is 31.1 Å². The Hall–Kier alpha value is -3.39. The summed E-state index contributed by atoms with van der Waals surface area (Å²) in [5.74, 6) is -1.82. The van der Waals surface area contributed by atoms with E-state index in [1.54, 1.807) is 0 Å². The molecule has 1 heterocycles. The Bertz CT molecular complexity index is 1060. The highest BCUT2D eigenvalue weighted by Crippen LogP contribution is 2.44. The minimum atomic E-state index is -0.772. The number of fused-ring (bicyclic) bond motifs is 3. The van der Waals surface area contributed by atoms with Crippen molar-refractivity contribution in [3.8, 4) is 11.1 Å². The van der Waals surface area contributed by atoms with Crippen LogP contribution in [0.5, 0.6) is 0 Å². The van der Waals surface area contributed by atoms with E-state index >= 15 is 0 Å². The molecule has 1 saturated heterocycles. The minimum Gasteiger partial charge on any atom is -0.481 e. The van der Waals surface area contributed by atoms with E-state index in [0.29, 0.717) is 25.7 Å². The van der Waals surface area contributed by atoms with Crippen molar-refractivity contribution in [2.45, 2.75) is 43.7 Å². The lowest BCUT2D eigenvalue weighted by atomic mass is 9.86. The van der Waals surface area contributed by atoms with Gasteiger partial charge in [0.2, 0.25) is 5.91 Å². The zero-order chi connectivity index (χ0) is 24.4. The van der Waals surface area contributed by atoms with E-state index < -0.39 is 24.0 Å². The van der Waals surface area contributed by atoms with Crippen molar-refractivity contribution in [3.05, 3.63) is 59.7 Å². The van der Waals surface area contributed by atoms with Gasteiger partial charge in [0.25, 0.3) is 0 Å². The first-order valence-corrected chi connectivity index (χ1v) is 12.2. The van der Waals surface area contributed by atoms with E-state index in [1.807, 2.05) is 24.3 Å².